The minimum absolute atomic E-state index is 0.103. The fourth-order valence-corrected chi connectivity index (χ4v) is 2.42. The number of nitrogens with zero attached hydrogens (tertiary/aromatic N) is 2. The summed E-state index contributed by atoms with van der Waals surface area (Å²) < 4.78 is 4.93. The van der Waals surface area contributed by atoms with Gasteiger partial charge in [0.15, 0.2) is 5.57 Å². The first-order valence-electron chi connectivity index (χ1n) is 6.77. The molecule has 1 aliphatic heterocycles. The molecular formula is C16H18N2O2. The zero-order chi connectivity index (χ0) is 14.5. The molecule has 0 saturated heterocycles. The zero-order valence-corrected chi connectivity index (χ0v) is 11.8. The molecule has 0 aromatic heterocycles. The molecule has 4 heteroatoms. The lowest BCUT2D eigenvalue weighted by atomic mass is 9.99. The van der Waals surface area contributed by atoms with Gasteiger partial charge in [-0.1, -0.05) is 24.3 Å². The molecule has 1 aromatic rings. The van der Waals surface area contributed by atoms with Crippen LogP contribution in [0.2, 0.25) is 0 Å². The van der Waals surface area contributed by atoms with Gasteiger partial charge in [-0.2, -0.15) is 5.26 Å². The molecule has 0 atom stereocenters. The van der Waals surface area contributed by atoms with Crippen molar-refractivity contribution in [3.05, 3.63) is 46.7 Å². The first-order chi connectivity index (χ1) is 9.67. The van der Waals surface area contributed by atoms with E-state index in [9.17, 15) is 10.1 Å². The Balaban J connectivity index is 2.24. The summed E-state index contributed by atoms with van der Waals surface area (Å²) in [4.78, 5) is 13.8. The van der Waals surface area contributed by atoms with Crippen molar-refractivity contribution >= 4 is 5.97 Å². The van der Waals surface area contributed by atoms with E-state index in [2.05, 4.69) is 17.0 Å². The van der Waals surface area contributed by atoms with Crippen molar-refractivity contribution < 1.29 is 9.53 Å². The van der Waals surface area contributed by atoms with Gasteiger partial charge in [0.05, 0.1) is 6.61 Å². The lowest BCUT2D eigenvalue weighted by Crippen LogP contribution is -2.30. The molecule has 0 unspecified atom stereocenters. The second kappa shape index (κ2) is 6.25. The van der Waals surface area contributed by atoms with Crippen molar-refractivity contribution in [2.24, 2.45) is 0 Å². The summed E-state index contributed by atoms with van der Waals surface area (Å²) in [6.45, 7) is 5.36. The smallest absolute Gasteiger partial charge is 0.350 e. The minimum Gasteiger partial charge on any atom is -0.462 e. The van der Waals surface area contributed by atoms with Crippen molar-refractivity contribution in [1.29, 1.82) is 5.26 Å². The van der Waals surface area contributed by atoms with Crippen molar-refractivity contribution in [2.75, 3.05) is 13.2 Å². The Hall–Kier alpha value is -2.28. The maximum absolute atomic E-state index is 11.8. The number of esters is 1. The van der Waals surface area contributed by atoms with Crippen LogP contribution in [0.1, 0.15) is 25.0 Å². The van der Waals surface area contributed by atoms with E-state index < -0.39 is 5.97 Å². The lowest BCUT2D eigenvalue weighted by Gasteiger charge is -2.31. The number of carbonyl (C=O) groups excluding carboxylic acids is 1. The van der Waals surface area contributed by atoms with Crippen LogP contribution in [0.25, 0.3) is 0 Å². The van der Waals surface area contributed by atoms with Crippen LogP contribution >= 0.6 is 0 Å². The van der Waals surface area contributed by atoms with E-state index in [1.54, 1.807) is 6.92 Å². The number of rotatable bonds is 3. The molecule has 4 nitrogen and oxygen atoms in total. The Morgan fingerprint density at radius 2 is 2.10 bits per heavy atom. The molecule has 0 aliphatic carbocycles. The normalized spacial score (nSPS) is 14.9. The van der Waals surface area contributed by atoms with Crippen LogP contribution in [0.3, 0.4) is 0 Å². The number of hydrogen-bond acceptors (Lipinski definition) is 4. The van der Waals surface area contributed by atoms with Gasteiger partial charge in [0.1, 0.15) is 6.07 Å². The second-order valence-corrected chi connectivity index (χ2v) is 4.73. The van der Waals surface area contributed by atoms with E-state index in [0.29, 0.717) is 5.70 Å². The second-order valence-electron chi connectivity index (χ2n) is 4.73. The monoisotopic (exact) mass is 270 g/mol. The number of nitriles is 1. The molecule has 1 aliphatic rings. The Kier molecular flexibility index (Phi) is 4.41. The molecule has 0 amide bonds. The van der Waals surface area contributed by atoms with Gasteiger partial charge < -0.3 is 9.64 Å². The molecule has 0 N–H and O–H groups in total. The Labute approximate surface area is 119 Å². The molecule has 0 bridgehead atoms. The topological polar surface area (TPSA) is 53.3 Å². The third-order valence-corrected chi connectivity index (χ3v) is 3.56. The third-order valence-electron chi connectivity index (χ3n) is 3.56. The lowest BCUT2D eigenvalue weighted by molar-refractivity contribution is -0.138. The minimum atomic E-state index is -0.536. The van der Waals surface area contributed by atoms with Crippen molar-refractivity contribution in [3.63, 3.8) is 0 Å². The summed E-state index contributed by atoms with van der Waals surface area (Å²) in [5, 5.41) is 9.18. The molecule has 0 radical (unpaired) electrons. The summed E-state index contributed by atoms with van der Waals surface area (Å²) in [5.41, 5.74) is 3.39. The summed E-state index contributed by atoms with van der Waals surface area (Å²) in [7, 11) is 0. The first kappa shape index (κ1) is 14.1. The van der Waals surface area contributed by atoms with Gasteiger partial charge in [0, 0.05) is 18.8 Å². The van der Waals surface area contributed by atoms with Crippen LogP contribution in [-0.4, -0.2) is 24.0 Å². The molecule has 0 fully saturated rings. The number of fused-ring (bicyclic) bond motifs is 1. The van der Waals surface area contributed by atoms with Gasteiger partial charge in [0.25, 0.3) is 0 Å². The average Bonchev–Trinajstić information content (AvgIpc) is 2.47. The van der Waals surface area contributed by atoms with E-state index in [1.807, 2.05) is 25.1 Å². The third kappa shape index (κ3) is 2.83. The fraction of sp³-hybridized carbons (Fsp3) is 0.375. The molecule has 1 heterocycles. The molecule has 0 spiro atoms. The molecule has 104 valence electrons. The molecule has 20 heavy (non-hydrogen) atoms. The molecule has 0 saturated carbocycles. The van der Waals surface area contributed by atoms with E-state index in [4.69, 9.17) is 4.74 Å². The van der Waals surface area contributed by atoms with E-state index in [0.717, 1.165) is 19.5 Å². The van der Waals surface area contributed by atoms with Crippen LogP contribution < -0.4 is 0 Å². The van der Waals surface area contributed by atoms with Crippen LogP contribution in [0.15, 0.2) is 35.5 Å². The number of ether oxygens (including phenoxy) is 1. The van der Waals surface area contributed by atoms with E-state index in [-0.39, 0.29) is 12.2 Å². The van der Waals surface area contributed by atoms with Crippen molar-refractivity contribution in [2.45, 2.75) is 26.8 Å². The van der Waals surface area contributed by atoms with Crippen molar-refractivity contribution in [1.82, 2.24) is 4.90 Å². The van der Waals surface area contributed by atoms with Gasteiger partial charge in [0.2, 0.25) is 0 Å². The summed E-state index contributed by atoms with van der Waals surface area (Å²) in [6, 6.07) is 10.2. The predicted molar refractivity (Wildman–Crippen MR) is 75.5 cm³/mol. The van der Waals surface area contributed by atoms with Crippen molar-refractivity contribution in [3.8, 4) is 6.07 Å². The van der Waals surface area contributed by atoms with Crippen LogP contribution in [0, 0.1) is 11.3 Å². The summed E-state index contributed by atoms with van der Waals surface area (Å²) in [5.74, 6) is -0.536. The molecule has 1 aromatic carbocycles. The summed E-state index contributed by atoms with van der Waals surface area (Å²) >= 11 is 0. The van der Waals surface area contributed by atoms with Crippen LogP contribution in [0.4, 0.5) is 0 Å². The van der Waals surface area contributed by atoms with Gasteiger partial charge in [-0.3, -0.25) is 0 Å². The highest BCUT2D eigenvalue weighted by molar-refractivity contribution is 5.93. The van der Waals surface area contributed by atoms with Gasteiger partial charge in [-0.25, -0.2) is 4.79 Å². The SMILES string of the molecule is CCOC(=O)/C(C#N)=C(\C)N1CCc2ccccc2C1. The summed E-state index contributed by atoms with van der Waals surface area (Å²) in [6.07, 6.45) is 0.926. The highest BCUT2D eigenvalue weighted by Crippen LogP contribution is 2.23. The first-order valence-corrected chi connectivity index (χ1v) is 6.77. The number of benzene rings is 1. The zero-order valence-electron chi connectivity index (χ0n) is 11.8. The Morgan fingerprint density at radius 1 is 1.40 bits per heavy atom. The number of carbonyl (C=O) groups is 1. The predicted octanol–water partition coefficient (Wildman–Crippen LogP) is 2.41. The highest BCUT2D eigenvalue weighted by Gasteiger charge is 2.21. The molecular weight excluding hydrogens is 252 g/mol. The van der Waals surface area contributed by atoms with Gasteiger partial charge >= 0.3 is 5.97 Å². The maximum atomic E-state index is 11.8. The van der Waals surface area contributed by atoms with Crippen LogP contribution in [-0.2, 0) is 22.5 Å². The molecule has 2 rings (SSSR count). The maximum Gasteiger partial charge on any atom is 0.350 e. The van der Waals surface area contributed by atoms with Crippen LogP contribution in [0.5, 0.6) is 0 Å². The van der Waals surface area contributed by atoms with E-state index >= 15 is 0 Å². The Morgan fingerprint density at radius 3 is 2.75 bits per heavy atom. The average molecular weight is 270 g/mol. The standard InChI is InChI=1S/C16H18N2O2/c1-3-20-16(19)15(10-17)12(2)18-9-8-13-6-4-5-7-14(13)11-18/h4-7H,3,8-9,11H2,1-2H3/b15-12+. The largest absolute Gasteiger partial charge is 0.462 e. The van der Waals surface area contributed by atoms with E-state index in [1.165, 1.54) is 11.1 Å². The fourth-order valence-electron chi connectivity index (χ4n) is 2.42. The quantitative estimate of drug-likeness (QED) is 0.481. The number of hydrogen-bond donors (Lipinski definition) is 0. The highest BCUT2D eigenvalue weighted by atomic mass is 16.5. The Bertz CT molecular complexity index is 584. The van der Waals surface area contributed by atoms with Gasteiger partial charge in [-0.05, 0) is 31.4 Å². The van der Waals surface area contributed by atoms with Gasteiger partial charge in [-0.15, -0.1) is 0 Å². The number of allylic oxidation sites excluding steroid dienone is 1.